The van der Waals surface area contributed by atoms with Crippen molar-refractivity contribution in [3.05, 3.63) is 46.3 Å². The van der Waals surface area contributed by atoms with E-state index in [1.54, 1.807) is 0 Å². The topological polar surface area (TPSA) is 0 Å². The second-order valence-corrected chi connectivity index (χ2v) is 5.85. The van der Waals surface area contributed by atoms with Gasteiger partial charge in [-0.3, -0.25) is 0 Å². The van der Waals surface area contributed by atoms with Crippen LogP contribution >= 0.6 is 11.3 Å². The Hall–Kier alpha value is -1.08. The van der Waals surface area contributed by atoms with Crippen molar-refractivity contribution in [3.63, 3.8) is 0 Å². The van der Waals surface area contributed by atoms with E-state index in [1.165, 1.54) is 26.4 Å². The van der Waals surface area contributed by atoms with Crippen LogP contribution in [-0.2, 0) is 0 Å². The molecule has 2 aromatic rings. The van der Waals surface area contributed by atoms with Gasteiger partial charge in [-0.1, -0.05) is 43.2 Å². The van der Waals surface area contributed by atoms with E-state index in [2.05, 4.69) is 58.0 Å². The molecule has 0 saturated heterocycles. The summed E-state index contributed by atoms with van der Waals surface area (Å²) < 4.78 is 0. The van der Waals surface area contributed by atoms with Crippen molar-refractivity contribution in [3.8, 4) is 10.4 Å². The molecular formula is C15H18S. The lowest BCUT2D eigenvalue weighted by Crippen LogP contribution is -1.80. The van der Waals surface area contributed by atoms with E-state index in [0.29, 0.717) is 5.92 Å². The van der Waals surface area contributed by atoms with E-state index >= 15 is 0 Å². The monoisotopic (exact) mass is 230 g/mol. The maximum atomic E-state index is 2.27. The molecule has 0 N–H and O–H groups in total. The van der Waals surface area contributed by atoms with Crippen LogP contribution in [0, 0.1) is 13.8 Å². The van der Waals surface area contributed by atoms with Gasteiger partial charge >= 0.3 is 0 Å². The number of rotatable bonds is 2. The molecule has 0 unspecified atom stereocenters. The van der Waals surface area contributed by atoms with E-state index in [1.807, 2.05) is 11.3 Å². The van der Waals surface area contributed by atoms with Crippen LogP contribution in [0.5, 0.6) is 0 Å². The number of aryl methyl sites for hydroxylation is 2. The van der Waals surface area contributed by atoms with Crippen molar-refractivity contribution in [2.45, 2.75) is 33.6 Å². The Morgan fingerprint density at radius 1 is 0.938 bits per heavy atom. The second-order valence-electron chi connectivity index (χ2n) is 4.73. The highest BCUT2D eigenvalue weighted by molar-refractivity contribution is 7.15. The Balaban J connectivity index is 2.42. The zero-order valence-electron chi connectivity index (χ0n) is 10.4. The molecule has 0 aliphatic rings. The maximum absolute atomic E-state index is 2.27. The lowest BCUT2D eigenvalue weighted by molar-refractivity contribution is 0.890. The molecule has 0 amide bonds. The lowest BCUT2D eigenvalue weighted by atomic mass is 10.1. The molecule has 1 heterocycles. The van der Waals surface area contributed by atoms with Crippen molar-refractivity contribution < 1.29 is 0 Å². The highest BCUT2D eigenvalue weighted by Crippen LogP contribution is 2.32. The van der Waals surface area contributed by atoms with Crippen LogP contribution in [0.2, 0.25) is 0 Å². The Morgan fingerprint density at radius 3 is 2.06 bits per heavy atom. The standard InChI is InChI=1S/C15H18S/c1-10(2)14-5-6-15(16-14)13-8-11(3)7-12(4)9-13/h5-10H,1-4H3. The maximum Gasteiger partial charge on any atom is 0.0345 e. The van der Waals surface area contributed by atoms with Gasteiger partial charge in [0.2, 0.25) is 0 Å². The van der Waals surface area contributed by atoms with Gasteiger partial charge in [-0.05, 0) is 37.5 Å². The van der Waals surface area contributed by atoms with Crippen molar-refractivity contribution in [2.75, 3.05) is 0 Å². The first-order valence-electron chi connectivity index (χ1n) is 5.74. The van der Waals surface area contributed by atoms with E-state index in [9.17, 15) is 0 Å². The number of benzene rings is 1. The van der Waals surface area contributed by atoms with Crippen molar-refractivity contribution in [1.29, 1.82) is 0 Å². The molecule has 0 aliphatic heterocycles. The summed E-state index contributed by atoms with van der Waals surface area (Å²) >= 11 is 1.91. The summed E-state index contributed by atoms with van der Waals surface area (Å²) in [6.07, 6.45) is 0. The summed E-state index contributed by atoms with van der Waals surface area (Å²) in [5.41, 5.74) is 4.04. The van der Waals surface area contributed by atoms with E-state index in [0.717, 1.165) is 0 Å². The number of thiophene rings is 1. The summed E-state index contributed by atoms with van der Waals surface area (Å²) in [5, 5.41) is 0. The third-order valence-corrected chi connectivity index (χ3v) is 4.14. The summed E-state index contributed by atoms with van der Waals surface area (Å²) in [5.74, 6) is 0.629. The Bertz CT molecular complexity index is 472. The fourth-order valence-corrected chi connectivity index (χ4v) is 2.93. The fraction of sp³-hybridized carbons (Fsp3) is 0.333. The van der Waals surface area contributed by atoms with Crippen LogP contribution in [0.1, 0.15) is 35.8 Å². The van der Waals surface area contributed by atoms with Crippen molar-refractivity contribution in [1.82, 2.24) is 0 Å². The normalized spacial score (nSPS) is 11.1. The molecule has 0 radical (unpaired) electrons. The van der Waals surface area contributed by atoms with Crippen molar-refractivity contribution in [2.24, 2.45) is 0 Å². The molecule has 0 nitrogen and oxygen atoms in total. The number of hydrogen-bond acceptors (Lipinski definition) is 1. The molecule has 0 atom stereocenters. The van der Waals surface area contributed by atoms with Crippen LogP contribution in [-0.4, -0.2) is 0 Å². The van der Waals surface area contributed by atoms with Gasteiger partial charge < -0.3 is 0 Å². The minimum atomic E-state index is 0.629. The molecule has 1 heteroatoms. The molecule has 84 valence electrons. The molecule has 2 rings (SSSR count). The Labute approximate surface area is 102 Å². The molecule has 16 heavy (non-hydrogen) atoms. The van der Waals surface area contributed by atoms with E-state index in [4.69, 9.17) is 0 Å². The molecule has 0 spiro atoms. The first-order valence-corrected chi connectivity index (χ1v) is 6.56. The van der Waals surface area contributed by atoms with Crippen molar-refractivity contribution >= 4 is 11.3 Å². The molecule has 1 aromatic carbocycles. The quantitative estimate of drug-likeness (QED) is 0.669. The minimum Gasteiger partial charge on any atom is -0.140 e. The van der Waals surface area contributed by atoms with Gasteiger partial charge in [0.25, 0.3) is 0 Å². The summed E-state index contributed by atoms with van der Waals surface area (Å²) in [6.45, 7) is 8.81. The summed E-state index contributed by atoms with van der Waals surface area (Å²) in [4.78, 5) is 2.85. The van der Waals surface area contributed by atoms with E-state index < -0.39 is 0 Å². The predicted octanol–water partition coefficient (Wildman–Crippen LogP) is 5.16. The lowest BCUT2D eigenvalue weighted by Gasteiger charge is -2.03. The zero-order valence-corrected chi connectivity index (χ0v) is 11.2. The zero-order chi connectivity index (χ0) is 11.7. The molecular weight excluding hydrogens is 212 g/mol. The Morgan fingerprint density at radius 2 is 1.56 bits per heavy atom. The van der Waals surface area contributed by atoms with Crippen LogP contribution in [0.25, 0.3) is 10.4 Å². The predicted molar refractivity (Wildman–Crippen MR) is 73.3 cm³/mol. The largest absolute Gasteiger partial charge is 0.140 e. The average molecular weight is 230 g/mol. The highest BCUT2D eigenvalue weighted by Gasteiger charge is 2.06. The van der Waals surface area contributed by atoms with Gasteiger partial charge in [-0.2, -0.15) is 0 Å². The SMILES string of the molecule is Cc1cc(C)cc(-c2ccc(C(C)C)s2)c1. The van der Waals surface area contributed by atoms with Gasteiger partial charge in [-0.25, -0.2) is 0 Å². The first kappa shape index (κ1) is 11.4. The summed E-state index contributed by atoms with van der Waals surface area (Å²) in [6, 6.07) is 11.3. The fourth-order valence-electron chi connectivity index (χ4n) is 1.94. The van der Waals surface area contributed by atoms with Crippen LogP contribution in [0.3, 0.4) is 0 Å². The molecule has 0 bridgehead atoms. The van der Waals surface area contributed by atoms with Gasteiger partial charge in [-0.15, -0.1) is 11.3 Å². The van der Waals surface area contributed by atoms with Crippen LogP contribution in [0.15, 0.2) is 30.3 Å². The Kier molecular flexibility index (Phi) is 3.15. The van der Waals surface area contributed by atoms with E-state index in [-0.39, 0.29) is 0 Å². The first-order chi connectivity index (χ1) is 7.56. The van der Waals surface area contributed by atoms with Crippen LogP contribution < -0.4 is 0 Å². The highest BCUT2D eigenvalue weighted by atomic mass is 32.1. The third-order valence-electron chi connectivity index (χ3n) is 2.70. The average Bonchev–Trinajstić information content (AvgIpc) is 2.64. The number of hydrogen-bond donors (Lipinski definition) is 0. The van der Waals surface area contributed by atoms with Gasteiger partial charge in [0.15, 0.2) is 0 Å². The molecule has 0 fully saturated rings. The summed E-state index contributed by atoms with van der Waals surface area (Å²) in [7, 11) is 0. The molecule has 0 saturated carbocycles. The van der Waals surface area contributed by atoms with Gasteiger partial charge in [0.05, 0.1) is 0 Å². The van der Waals surface area contributed by atoms with Crippen LogP contribution in [0.4, 0.5) is 0 Å². The third kappa shape index (κ3) is 2.35. The smallest absolute Gasteiger partial charge is 0.0345 e. The molecule has 1 aromatic heterocycles. The second kappa shape index (κ2) is 4.42. The van der Waals surface area contributed by atoms with Gasteiger partial charge in [0, 0.05) is 9.75 Å². The minimum absolute atomic E-state index is 0.629. The van der Waals surface area contributed by atoms with Gasteiger partial charge in [0.1, 0.15) is 0 Å². The molecule has 0 aliphatic carbocycles.